The Morgan fingerprint density at radius 1 is 1.26 bits per heavy atom. The second-order valence-corrected chi connectivity index (χ2v) is 5.58. The number of benzene rings is 1. The molecule has 0 heterocycles. The summed E-state index contributed by atoms with van der Waals surface area (Å²) in [6.45, 7) is 5.54. The van der Waals surface area contributed by atoms with E-state index in [1.54, 1.807) is 37.3 Å². The van der Waals surface area contributed by atoms with E-state index in [0.29, 0.717) is 17.6 Å². The van der Waals surface area contributed by atoms with Crippen LogP contribution in [-0.4, -0.2) is 17.9 Å². The molecule has 3 nitrogen and oxygen atoms in total. The van der Waals surface area contributed by atoms with E-state index in [-0.39, 0.29) is 17.9 Å². The Balaban J connectivity index is 2.13. The molecular formula is C16H18O3. The van der Waals surface area contributed by atoms with Gasteiger partial charge in [-0.3, -0.25) is 4.79 Å². The van der Waals surface area contributed by atoms with E-state index >= 15 is 0 Å². The van der Waals surface area contributed by atoms with Crippen LogP contribution in [0.2, 0.25) is 0 Å². The molecule has 0 amide bonds. The number of Topliss-reactive ketones (excluding diaryl/α,β-unsaturated/α-hetero) is 1. The molecule has 1 atom stereocenters. The number of hydrogen-bond acceptors (Lipinski definition) is 3. The van der Waals surface area contributed by atoms with Crippen molar-refractivity contribution in [1.82, 2.24) is 0 Å². The summed E-state index contributed by atoms with van der Waals surface area (Å²) < 4.78 is 5.46. The highest BCUT2D eigenvalue weighted by Crippen LogP contribution is 2.33. The Bertz CT molecular complexity index is 526. The minimum Gasteiger partial charge on any atom is -0.454 e. The Hall–Kier alpha value is -1.90. The summed E-state index contributed by atoms with van der Waals surface area (Å²) in [6, 6.07) is 8.89. The van der Waals surface area contributed by atoms with E-state index in [9.17, 15) is 9.59 Å². The summed E-state index contributed by atoms with van der Waals surface area (Å²) in [5, 5.41) is 0. The molecule has 0 N–H and O–H groups in total. The molecule has 0 radical (unpaired) electrons. The molecule has 3 heteroatoms. The lowest BCUT2D eigenvalue weighted by Gasteiger charge is -2.31. The van der Waals surface area contributed by atoms with Crippen molar-refractivity contribution >= 4 is 11.8 Å². The third kappa shape index (κ3) is 2.92. The van der Waals surface area contributed by atoms with Crippen molar-refractivity contribution in [2.24, 2.45) is 5.41 Å². The largest absolute Gasteiger partial charge is 0.454 e. The number of hydrogen-bond donors (Lipinski definition) is 0. The maximum absolute atomic E-state index is 12.0. The van der Waals surface area contributed by atoms with Gasteiger partial charge in [0.1, 0.15) is 6.10 Å². The van der Waals surface area contributed by atoms with Gasteiger partial charge in [0.2, 0.25) is 0 Å². The molecule has 0 fully saturated rings. The molecule has 0 bridgehead atoms. The summed E-state index contributed by atoms with van der Waals surface area (Å²) in [6.07, 6.45) is 1.94. The second-order valence-electron chi connectivity index (χ2n) is 5.58. The number of ketones is 1. The first kappa shape index (κ1) is 13.5. The molecule has 0 aromatic heterocycles. The van der Waals surface area contributed by atoms with Crippen LogP contribution in [0, 0.1) is 5.41 Å². The zero-order valence-corrected chi connectivity index (χ0v) is 11.5. The van der Waals surface area contributed by atoms with Crippen molar-refractivity contribution in [2.75, 3.05) is 0 Å². The lowest BCUT2D eigenvalue weighted by molar-refractivity contribution is -0.125. The SMILES string of the molecule is CC1=C[C@H](OC(=O)c2ccccc2)CC(C)(C)C1=O. The van der Waals surface area contributed by atoms with Gasteiger partial charge in [-0.2, -0.15) is 0 Å². The van der Waals surface area contributed by atoms with Gasteiger partial charge in [0.15, 0.2) is 5.78 Å². The van der Waals surface area contributed by atoms with Crippen LogP contribution in [0.5, 0.6) is 0 Å². The van der Waals surface area contributed by atoms with Gasteiger partial charge < -0.3 is 4.74 Å². The molecule has 1 aromatic carbocycles. The summed E-state index contributed by atoms with van der Waals surface area (Å²) >= 11 is 0. The van der Waals surface area contributed by atoms with E-state index in [1.807, 2.05) is 19.9 Å². The zero-order valence-electron chi connectivity index (χ0n) is 11.5. The number of ether oxygens (including phenoxy) is 1. The molecule has 1 aromatic rings. The fourth-order valence-corrected chi connectivity index (χ4v) is 2.40. The molecule has 0 saturated carbocycles. The zero-order chi connectivity index (χ0) is 14.0. The highest BCUT2D eigenvalue weighted by Gasteiger charge is 2.36. The van der Waals surface area contributed by atoms with Gasteiger partial charge in [0, 0.05) is 11.8 Å². The van der Waals surface area contributed by atoms with Crippen LogP contribution in [0.3, 0.4) is 0 Å². The highest BCUT2D eigenvalue weighted by molar-refractivity contribution is 6.00. The highest BCUT2D eigenvalue weighted by atomic mass is 16.5. The van der Waals surface area contributed by atoms with Crippen LogP contribution in [0.4, 0.5) is 0 Å². The first-order chi connectivity index (χ1) is 8.90. The first-order valence-corrected chi connectivity index (χ1v) is 6.39. The summed E-state index contributed by atoms with van der Waals surface area (Å²) in [5.41, 5.74) is 0.728. The van der Waals surface area contributed by atoms with Crippen molar-refractivity contribution in [2.45, 2.75) is 33.3 Å². The quantitative estimate of drug-likeness (QED) is 0.765. The smallest absolute Gasteiger partial charge is 0.338 e. The van der Waals surface area contributed by atoms with Crippen molar-refractivity contribution in [3.05, 3.63) is 47.5 Å². The predicted octanol–water partition coefficient (Wildman–Crippen LogP) is 3.16. The minimum atomic E-state index is -0.472. The summed E-state index contributed by atoms with van der Waals surface area (Å²) in [7, 11) is 0. The van der Waals surface area contributed by atoms with Crippen molar-refractivity contribution in [3.63, 3.8) is 0 Å². The predicted molar refractivity (Wildman–Crippen MR) is 72.8 cm³/mol. The average Bonchev–Trinajstić information content (AvgIpc) is 2.36. The van der Waals surface area contributed by atoms with Crippen LogP contribution < -0.4 is 0 Å². The molecule has 0 aliphatic heterocycles. The van der Waals surface area contributed by atoms with Gasteiger partial charge in [-0.15, -0.1) is 0 Å². The molecule has 0 spiro atoms. The van der Waals surface area contributed by atoms with Crippen LogP contribution in [0.25, 0.3) is 0 Å². The normalized spacial score (nSPS) is 21.7. The van der Waals surface area contributed by atoms with Gasteiger partial charge >= 0.3 is 5.97 Å². The fraction of sp³-hybridized carbons (Fsp3) is 0.375. The monoisotopic (exact) mass is 258 g/mol. The molecule has 100 valence electrons. The molecule has 2 rings (SSSR count). The Morgan fingerprint density at radius 3 is 2.47 bits per heavy atom. The number of esters is 1. The lowest BCUT2D eigenvalue weighted by Crippen LogP contribution is -2.35. The Labute approximate surface area is 113 Å². The number of allylic oxidation sites excluding steroid dienone is 1. The standard InChI is InChI=1S/C16H18O3/c1-11-9-13(10-16(2,3)14(11)17)19-15(18)12-7-5-4-6-8-12/h4-9,13H,10H2,1-3H3/t13-/m0/s1. The Morgan fingerprint density at radius 2 is 1.89 bits per heavy atom. The summed E-state index contributed by atoms with van der Waals surface area (Å²) in [5.74, 6) is -0.223. The fourth-order valence-electron chi connectivity index (χ4n) is 2.40. The van der Waals surface area contributed by atoms with Gasteiger partial charge in [0.05, 0.1) is 5.56 Å². The van der Waals surface area contributed by atoms with Gasteiger partial charge in [-0.05, 0) is 30.7 Å². The van der Waals surface area contributed by atoms with Gasteiger partial charge in [0.25, 0.3) is 0 Å². The van der Waals surface area contributed by atoms with Gasteiger partial charge in [-0.25, -0.2) is 4.79 Å². The Kier molecular flexibility index (Phi) is 3.56. The maximum atomic E-state index is 12.0. The summed E-state index contributed by atoms with van der Waals surface area (Å²) in [4.78, 5) is 23.9. The number of carbonyl (C=O) groups is 2. The van der Waals surface area contributed by atoms with Crippen molar-refractivity contribution < 1.29 is 14.3 Å². The van der Waals surface area contributed by atoms with E-state index in [2.05, 4.69) is 0 Å². The topological polar surface area (TPSA) is 43.4 Å². The number of rotatable bonds is 2. The van der Waals surface area contributed by atoms with Crippen LogP contribution in [-0.2, 0) is 9.53 Å². The van der Waals surface area contributed by atoms with Crippen LogP contribution in [0.15, 0.2) is 42.0 Å². The third-order valence-corrected chi connectivity index (χ3v) is 3.39. The van der Waals surface area contributed by atoms with Crippen molar-refractivity contribution in [1.29, 1.82) is 0 Å². The molecule has 1 aliphatic rings. The van der Waals surface area contributed by atoms with E-state index in [4.69, 9.17) is 4.74 Å². The minimum absolute atomic E-state index is 0.125. The van der Waals surface area contributed by atoms with Crippen LogP contribution in [0.1, 0.15) is 37.6 Å². The van der Waals surface area contributed by atoms with Gasteiger partial charge in [-0.1, -0.05) is 32.0 Å². The van der Waals surface area contributed by atoms with E-state index < -0.39 is 5.41 Å². The third-order valence-electron chi connectivity index (χ3n) is 3.39. The molecule has 0 saturated heterocycles. The first-order valence-electron chi connectivity index (χ1n) is 6.39. The molecular weight excluding hydrogens is 240 g/mol. The van der Waals surface area contributed by atoms with Crippen LogP contribution >= 0.6 is 0 Å². The maximum Gasteiger partial charge on any atom is 0.338 e. The molecule has 1 aliphatic carbocycles. The van der Waals surface area contributed by atoms with E-state index in [0.717, 1.165) is 0 Å². The number of carbonyl (C=O) groups excluding carboxylic acids is 2. The average molecular weight is 258 g/mol. The molecule has 0 unspecified atom stereocenters. The van der Waals surface area contributed by atoms with E-state index in [1.165, 1.54) is 0 Å². The van der Waals surface area contributed by atoms with Crippen molar-refractivity contribution in [3.8, 4) is 0 Å². The second kappa shape index (κ2) is 5.00. The lowest BCUT2D eigenvalue weighted by atomic mass is 9.75. The molecule has 19 heavy (non-hydrogen) atoms.